The molecule has 4 fully saturated rings. The summed E-state index contributed by atoms with van der Waals surface area (Å²) < 4.78 is 0. The fraction of sp³-hybridized carbons (Fsp3) is 0.759. The van der Waals surface area contributed by atoms with Gasteiger partial charge in [-0.3, -0.25) is 38.6 Å². The molecule has 12 N–H and O–H groups in total. The fourth-order valence-corrected chi connectivity index (χ4v) is 14.4. The Morgan fingerprint density at radius 2 is 1.37 bits per heavy atom. The van der Waals surface area contributed by atoms with E-state index >= 15 is 0 Å². The summed E-state index contributed by atoms with van der Waals surface area (Å²) in [5, 5.41) is 51.8. The van der Waals surface area contributed by atoms with Gasteiger partial charge in [0, 0.05) is 51.1 Å². The maximum Gasteiger partial charge on any atom is 0.225 e. The third-order valence-corrected chi connectivity index (χ3v) is 18.9. The molecule has 0 spiro atoms. The summed E-state index contributed by atoms with van der Waals surface area (Å²) in [5.74, 6) is -4.41. The molecule has 1 aromatic rings. The molecule has 5 unspecified atom stereocenters. The van der Waals surface area contributed by atoms with Crippen LogP contribution in [0.1, 0.15) is 150 Å². The van der Waals surface area contributed by atoms with E-state index in [1.54, 1.807) is 44.2 Å². The number of hydrogen-bond donors (Lipinski definition) is 10. The Morgan fingerprint density at radius 1 is 0.724 bits per heavy atom. The van der Waals surface area contributed by atoms with Crippen molar-refractivity contribution in [1.29, 1.82) is 0 Å². The lowest BCUT2D eigenvalue weighted by atomic mass is 9.44. The minimum absolute atomic E-state index is 0.0322. The molecule has 4 aliphatic rings. The average Bonchev–Trinajstić information content (AvgIpc) is 3.80. The van der Waals surface area contributed by atoms with E-state index in [9.17, 15) is 54.0 Å². The van der Waals surface area contributed by atoms with Gasteiger partial charge in [-0.1, -0.05) is 65.0 Å². The van der Waals surface area contributed by atoms with Crippen molar-refractivity contribution in [2.45, 2.75) is 181 Å². The lowest BCUT2D eigenvalue weighted by Gasteiger charge is -2.61. The molecule has 426 valence electrons. The smallest absolute Gasteiger partial charge is 0.225 e. The van der Waals surface area contributed by atoms with Gasteiger partial charge in [-0.05, 0) is 148 Å². The van der Waals surface area contributed by atoms with Crippen molar-refractivity contribution in [3.8, 4) is 0 Å². The SMILES string of the molecule is CNC(=O)[C@H](CO)CC(=O)[C@H](CO)NC(=O)[C@H](CCCN=C(N)N)CC(=O)[C@H](Cc1ccccc1)NC(=O)[C@@H](CC(=O)C(NC(=O)CC[C@@H](C)[C@H]1CCC2C3CCC4C[C@H](O)CC[C@]4(C)C3CC[C@@]21C)[C@@H](C)O)C(C)C. The number of benzene rings is 1. The van der Waals surface area contributed by atoms with Gasteiger partial charge in [-0.2, -0.15) is 0 Å². The van der Waals surface area contributed by atoms with Crippen molar-refractivity contribution in [3.05, 3.63) is 35.9 Å². The molecule has 4 amide bonds. The average molecular weight is 1060 g/mol. The number of ketones is 3. The van der Waals surface area contributed by atoms with Gasteiger partial charge in [0.25, 0.3) is 0 Å². The van der Waals surface area contributed by atoms with Crippen LogP contribution in [0.5, 0.6) is 0 Å². The number of nitrogens with one attached hydrogen (secondary N) is 4. The summed E-state index contributed by atoms with van der Waals surface area (Å²) in [6, 6.07) is 5.02. The van der Waals surface area contributed by atoms with Gasteiger partial charge < -0.3 is 53.2 Å². The van der Waals surface area contributed by atoms with Crippen molar-refractivity contribution in [3.63, 3.8) is 0 Å². The number of rotatable bonds is 29. The van der Waals surface area contributed by atoms with Crippen LogP contribution in [0.25, 0.3) is 0 Å². The predicted molar refractivity (Wildman–Crippen MR) is 290 cm³/mol. The summed E-state index contributed by atoms with van der Waals surface area (Å²) in [7, 11) is 1.35. The number of aliphatic hydroxyl groups is 4. The summed E-state index contributed by atoms with van der Waals surface area (Å²) >= 11 is 0. The van der Waals surface area contributed by atoms with Gasteiger partial charge in [0.15, 0.2) is 23.3 Å². The van der Waals surface area contributed by atoms with Gasteiger partial charge in [0.2, 0.25) is 23.6 Å². The van der Waals surface area contributed by atoms with Crippen LogP contribution in [-0.2, 0) is 40.0 Å². The minimum atomic E-state index is -1.45. The standard InChI is InChI=1S/C58H93N7O11/c1-33(2)42(30-50(72)52(35(4)68)65-51(73)20-15-34(3)43-18-19-44-41-17-16-39-29-40(69)21-23-57(39,5)45(41)22-24-58(43,44)6)55(76)63-46(26-36-12-9-8-10-13-36)48(70)27-37(14-11-25-62-56(59)60)54(75)64-47(32-67)49(71)28-38(31-66)53(74)61-7/h8-10,12-13,33-35,37-47,52,66-69H,11,14-32H2,1-7H3,(H,61,74)(H,63,76)(H,64,75)(H,65,73)(H4,59,60,62)/t34-,35-,37-,38+,39?,40-,41?,42+,43-,44?,45?,46+,47+,52?,57+,58-/m1/s1. The summed E-state index contributed by atoms with van der Waals surface area (Å²) in [6.07, 6.45) is 8.67. The molecule has 0 aromatic heterocycles. The van der Waals surface area contributed by atoms with Gasteiger partial charge in [-0.15, -0.1) is 0 Å². The van der Waals surface area contributed by atoms with Crippen LogP contribution < -0.4 is 32.7 Å². The topological polar surface area (TPSA) is 313 Å². The lowest BCUT2D eigenvalue weighted by molar-refractivity contribution is -0.137. The number of Topliss-reactive ketones (excluding diaryl/α,β-unsaturated/α-hetero) is 3. The van der Waals surface area contributed by atoms with Crippen LogP contribution in [0.4, 0.5) is 0 Å². The lowest BCUT2D eigenvalue weighted by Crippen LogP contribution is -2.54. The molecule has 4 saturated carbocycles. The van der Waals surface area contributed by atoms with Crippen molar-refractivity contribution < 1.29 is 54.0 Å². The van der Waals surface area contributed by atoms with Crippen molar-refractivity contribution in [2.75, 3.05) is 26.8 Å². The first kappa shape index (κ1) is 62.1. The highest BCUT2D eigenvalue weighted by atomic mass is 16.3. The first-order valence-corrected chi connectivity index (χ1v) is 28.3. The van der Waals surface area contributed by atoms with E-state index < -0.39 is 109 Å². The molecule has 4 aliphatic carbocycles. The van der Waals surface area contributed by atoms with E-state index in [2.05, 4.69) is 47.0 Å². The first-order valence-electron chi connectivity index (χ1n) is 28.3. The number of amides is 4. The second kappa shape index (κ2) is 28.2. The van der Waals surface area contributed by atoms with Crippen LogP contribution in [0.3, 0.4) is 0 Å². The quantitative estimate of drug-likeness (QED) is 0.0312. The molecule has 18 heteroatoms. The van der Waals surface area contributed by atoms with E-state index in [1.807, 2.05) is 0 Å². The third-order valence-electron chi connectivity index (χ3n) is 18.9. The van der Waals surface area contributed by atoms with E-state index in [1.165, 1.54) is 46.1 Å². The predicted octanol–water partition coefficient (Wildman–Crippen LogP) is 3.67. The number of nitrogens with zero attached hydrogens (tertiary/aromatic N) is 1. The highest BCUT2D eigenvalue weighted by molar-refractivity contribution is 5.97. The highest BCUT2D eigenvalue weighted by Crippen LogP contribution is 2.68. The molecular formula is C58H93N7O11. The summed E-state index contributed by atoms with van der Waals surface area (Å²) in [6.45, 7) is 10.9. The molecule has 0 saturated heterocycles. The highest BCUT2D eigenvalue weighted by Gasteiger charge is 2.60. The number of aliphatic hydroxyl groups excluding tert-OH is 4. The van der Waals surface area contributed by atoms with Crippen LogP contribution in [0.2, 0.25) is 0 Å². The van der Waals surface area contributed by atoms with Crippen molar-refractivity contribution in [1.82, 2.24) is 21.3 Å². The molecule has 0 heterocycles. The van der Waals surface area contributed by atoms with Gasteiger partial charge >= 0.3 is 0 Å². The second-order valence-corrected chi connectivity index (χ2v) is 24.1. The molecule has 0 aliphatic heterocycles. The number of hydrogen-bond acceptors (Lipinski definition) is 12. The zero-order valence-electron chi connectivity index (χ0n) is 46.4. The molecule has 16 atom stereocenters. The molecule has 0 bridgehead atoms. The Labute approximate surface area is 450 Å². The van der Waals surface area contributed by atoms with Crippen LogP contribution >= 0.6 is 0 Å². The molecule has 0 radical (unpaired) electrons. The number of nitrogens with two attached hydrogens (primary N) is 2. The van der Waals surface area contributed by atoms with Gasteiger partial charge in [-0.25, -0.2) is 0 Å². The number of aliphatic imine (C=N–C) groups is 1. The van der Waals surface area contributed by atoms with Gasteiger partial charge in [0.1, 0.15) is 12.1 Å². The zero-order valence-corrected chi connectivity index (χ0v) is 46.4. The maximum absolute atomic E-state index is 14.5. The normalized spacial score (nSPS) is 28.1. The van der Waals surface area contributed by atoms with E-state index in [0.717, 1.165) is 25.7 Å². The Morgan fingerprint density at radius 3 is 2.00 bits per heavy atom. The fourth-order valence-electron chi connectivity index (χ4n) is 14.4. The maximum atomic E-state index is 14.5. The Hall–Kier alpha value is -4.78. The molecule has 18 nitrogen and oxygen atoms in total. The second-order valence-electron chi connectivity index (χ2n) is 24.1. The van der Waals surface area contributed by atoms with Crippen molar-refractivity contribution >= 4 is 46.9 Å². The van der Waals surface area contributed by atoms with Gasteiger partial charge in [0.05, 0.1) is 37.4 Å². The number of carbonyl (C=O) groups excluding carboxylic acids is 7. The van der Waals surface area contributed by atoms with E-state index in [4.69, 9.17) is 11.5 Å². The Balaban J connectivity index is 1.23. The minimum Gasteiger partial charge on any atom is -0.396 e. The Bertz CT molecular complexity index is 2170. The largest absolute Gasteiger partial charge is 0.396 e. The number of fused-ring (bicyclic) bond motifs is 5. The molecular weight excluding hydrogens is 971 g/mol. The van der Waals surface area contributed by atoms with Crippen LogP contribution in [-0.4, -0.2) is 125 Å². The third kappa shape index (κ3) is 15.7. The molecule has 1 aromatic carbocycles. The summed E-state index contributed by atoms with van der Waals surface area (Å²) in [4.78, 5) is 99.9. The summed E-state index contributed by atoms with van der Waals surface area (Å²) in [5.41, 5.74) is 12.2. The van der Waals surface area contributed by atoms with Crippen LogP contribution in [0, 0.1) is 70.0 Å². The molecule has 5 rings (SSSR count). The number of guanidine groups is 1. The van der Waals surface area contributed by atoms with Crippen molar-refractivity contribution in [2.24, 2.45) is 86.5 Å². The van der Waals surface area contributed by atoms with E-state index in [0.29, 0.717) is 47.0 Å². The molecule has 76 heavy (non-hydrogen) atoms. The van der Waals surface area contributed by atoms with E-state index in [-0.39, 0.29) is 68.0 Å². The monoisotopic (exact) mass is 1060 g/mol. The Kier molecular flexibility index (Phi) is 23.0. The van der Waals surface area contributed by atoms with Crippen LogP contribution in [0.15, 0.2) is 35.3 Å². The zero-order chi connectivity index (χ0) is 56.1. The number of carbonyl (C=O) groups is 7. The first-order chi connectivity index (χ1) is 36.0.